The molecule has 28 heavy (non-hydrogen) atoms. The number of rotatable bonds is 6. The van der Waals surface area contributed by atoms with Crippen LogP contribution in [0, 0.1) is 11.6 Å². The molecule has 2 heterocycles. The third kappa shape index (κ3) is 3.76. The first-order valence-corrected chi connectivity index (χ1v) is 10.6. The van der Waals surface area contributed by atoms with Gasteiger partial charge in [0.2, 0.25) is 10.0 Å². The summed E-state index contributed by atoms with van der Waals surface area (Å²) in [5.41, 5.74) is 0.254. The fourth-order valence-corrected chi connectivity index (χ4v) is 3.81. The molecule has 10 heteroatoms. The van der Waals surface area contributed by atoms with Crippen LogP contribution in [0.3, 0.4) is 0 Å². The largest absolute Gasteiger partial charge is 0.372 e. The van der Waals surface area contributed by atoms with Crippen LogP contribution in [0.25, 0.3) is 11.0 Å². The summed E-state index contributed by atoms with van der Waals surface area (Å²) in [6.07, 6.45) is 2.03. The zero-order valence-electron chi connectivity index (χ0n) is 15.3. The number of hydrogen-bond acceptors (Lipinski definition) is 4. The number of H-pyrrole nitrogens is 1. The van der Waals surface area contributed by atoms with E-state index in [1.807, 2.05) is 0 Å². The normalized spacial score (nSPS) is 13.2. The third-order valence-electron chi connectivity index (χ3n) is 4.31. The lowest BCUT2D eigenvalue weighted by molar-refractivity contribution is 0.130. The first-order chi connectivity index (χ1) is 13.2. The van der Waals surface area contributed by atoms with Crippen LogP contribution in [-0.2, 0) is 14.8 Å². The summed E-state index contributed by atoms with van der Waals surface area (Å²) >= 11 is 3.32. The van der Waals surface area contributed by atoms with E-state index in [9.17, 15) is 12.8 Å². The maximum atomic E-state index is 15.2. The zero-order valence-corrected chi connectivity index (χ0v) is 17.7. The Balaban J connectivity index is 2.15. The summed E-state index contributed by atoms with van der Waals surface area (Å²) in [6, 6.07) is 3.81. The smallest absolute Gasteiger partial charge is 0.235 e. The molecule has 0 spiro atoms. The molecule has 0 saturated heterocycles. The number of ether oxygens (including phenoxy) is 1. The summed E-state index contributed by atoms with van der Waals surface area (Å²) in [7, 11) is -2.49. The van der Waals surface area contributed by atoms with Gasteiger partial charge >= 0.3 is 0 Å². The molecular weight excluding hydrogens is 456 g/mol. The third-order valence-corrected chi connectivity index (χ3v) is 6.49. The lowest BCUT2D eigenvalue weighted by Crippen LogP contribution is -2.23. The molecule has 0 saturated carbocycles. The molecule has 0 aliphatic carbocycles. The van der Waals surface area contributed by atoms with Crippen LogP contribution in [0.1, 0.15) is 31.1 Å². The van der Waals surface area contributed by atoms with Gasteiger partial charge in [-0.25, -0.2) is 22.2 Å². The Morgan fingerprint density at radius 1 is 1.29 bits per heavy atom. The van der Waals surface area contributed by atoms with Gasteiger partial charge in [0.15, 0.2) is 5.82 Å². The fourth-order valence-electron chi connectivity index (χ4n) is 2.78. The van der Waals surface area contributed by atoms with Gasteiger partial charge in [-0.3, -0.25) is 4.72 Å². The molecule has 2 aromatic heterocycles. The molecule has 1 atom stereocenters. The van der Waals surface area contributed by atoms with Crippen LogP contribution in [-0.4, -0.2) is 30.7 Å². The second-order valence-corrected chi connectivity index (χ2v) is 9.58. The van der Waals surface area contributed by atoms with E-state index < -0.39 is 38.6 Å². The van der Waals surface area contributed by atoms with Crippen molar-refractivity contribution in [1.29, 1.82) is 0 Å². The number of sulfonamides is 1. The molecule has 0 aliphatic heterocycles. The highest BCUT2D eigenvalue weighted by atomic mass is 79.9. The summed E-state index contributed by atoms with van der Waals surface area (Å²) < 4.78 is 62.2. The number of fused-ring (bicyclic) bond motifs is 1. The molecule has 3 aromatic rings. The number of anilines is 1. The Hall–Kier alpha value is -2.04. The van der Waals surface area contributed by atoms with Crippen LogP contribution in [0.15, 0.2) is 35.1 Å². The lowest BCUT2D eigenvalue weighted by atomic mass is 9.99. The number of benzene rings is 1. The number of methoxy groups -OCH3 is 1. The molecule has 6 nitrogen and oxygen atoms in total. The van der Waals surface area contributed by atoms with E-state index in [1.165, 1.54) is 21.0 Å². The van der Waals surface area contributed by atoms with Gasteiger partial charge in [0.25, 0.3) is 0 Å². The average Bonchev–Trinajstić information content (AvgIpc) is 3.03. The van der Waals surface area contributed by atoms with Crippen molar-refractivity contribution in [2.45, 2.75) is 25.2 Å². The van der Waals surface area contributed by atoms with Crippen molar-refractivity contribution in [3.63, 3.8) is 0 Å². The highest BCUT2D eigenvalue weighted by Crippen LogP contribution is 2.36. The van der Waals surface area contributed by atoms with Gasteiger partial charge < -0.3 is 9.72 Å². The van der Waals surface area contributed by atoms with Gasteiger partial charge in [-0.2, -0.15) is 0 Å². The summed E-state index contributed by atoms with van der Waals surface area (Å²) in [6.45, 7) is 2.92. The summed E-state index contributed by atoms with van der Waals surface area (Å²) in [4.78, 5) is 7.14. The van der Waals surface area contributed by atoms with Gasteiger partial charge in [-0.15, -0.1) is 0 Å². The Morgan fingerprint density at radius 2 is 2.00 bits per heavy atom. The molecule has 1 unspecified atom stereocenters. The first kappa shape index (κ1) is 20.7. The average molecular weight is 474 g/mol. The van der Waals surface area contributed by atoms with E-state index >= 15 is 4.39 Å². The minimum absolute atomic E-state index is 0.341. The standard InChI is InChI=1S/C18H18BrF2N3O3S/c1-9(2)28(25,26)24-14-5-4-13(20)15(16(14)21)17(27-3)12-8-23-18-11(12)6-10(19)7-22-18/h4-9,17,24H,1-3H3,(H,22,23). The second kappa shape index (κ2) is 7.76. The molecule has 0 amide bonds. The number of pyridine rings is 1. The molecule has 1 aromatic carbocycles. The van der Waals surface area contributed by atoms with Crippen molar-refractivity contribution >= 4 is 42.7 Å². The highest BCUT2D eigenvalue weighted by Gasteiger charge is 2.28. The zero-order chi connectivity index (χ0) is 20.6. The molecule has 0 bridgehead atoms. The Kier molecular flexibility index (Phi) is 5.74. The first-order valence-electron chi connectivity index (χ1n) is 8.30. The van der Waals surface area contributed by atoms with Crippen LogP contribution < -0.4 is 4.72 Å². The molecule has 0 aliphatic rings. The van der Waals surface area contributed by atoms with E-state index in [0.29, 0.717) is 21.1 Å². The summed E-state index contributed by atoms with van der Waals surface area (Å²) in [5, 5.41) is -0.163. The van der Waals surface area contributed by atoms with E-state index in [1.54, 1.807) is 18.5 Å². The van der Waals surface area contributed by atoms with E-state index in [-0.39, 0.29) is 5.69 Å². The number of nitrogens with zero attached hydrogens (tertiary/aromatic N) is 1. The van der Waals surface area contributed by atoms with Crippen molar-refractivity contribution in [2.75, 3.05) is 11.8 Å². The van der Waals surface area contributed by atoms with Crippen molar-refractivity contribution < 1.29 is 21.9 Å². The number of nitrogens with one attached hydrogen (secondary N) is 2. The molecule has 0 radical (unpaired) electrons. The van der Waals surface area contributed by atoms with Crippen LogP contribution in [0.4, 0.5) is 14.5 Å². The highest BCUT2D eigenvalue weighted by molar-refractivity contribution is 9.10. The van der Waals surface area contributed by atoms with Crippen molar-refractivity contribution in [3.8, 4) is 0 Å². The molecule has 3 rings (SSSR count). The van der Waals surface area contributed by atoms with Crippen LogP contribution >= 0.6 is 15.9 Å². The lowest BCUT2D eigenvalue weighted by Gasteiger charge is -2.19. The topological polar surface area (TPSA) is 84.1 Å². The predicted molar refractivity (Wildman–Crippen MR) is 107 cm³/mol. The summed E-state index contributed by atoms with van der Waals surface area (Å²) in [5.74, 6) is -1.89. The SMILES string of the molecule is COC(c1c(F)ccc(NS(=O)(=O)C(C)C)c1F)c1c[nH]c2ncc(Br)cc12. The molecule has 0 fully saturated rings. The predicted octanol–water partition coefficient (Wildman–Crippen LogP) is 4.49. The van der Waals surface area contributed by atoms with Gasteiger partial charge in [-0.1, -0.05) is 0 Å². The van der Waals surface area contributed by atoms with Gasteiger partial charge in [0, 0.05) is 34.9 Å². The number of halogens is 3. The number of aromatic nitrogens is 2. The second-order valence-electron chi connectivity index (χ2n) is 6.43. The van der Waals surface area contributed by atoms with Gasteiger partial charge in [0.05, 0.1) is 16.5 Å². The van der Waals surface area contributed by atoms with Gasteiger partial charge in [-0.05, 0) is 48.0 Å². The Morgan fingerprint density at radius 3 is 2.64 bits per heavy atom. The quantitative estimate of drug-likeness (QED) is 0.552. The maximum Gasteiger partial charge on any atom is 0.235 e. The molecular formula is C18H18BrF2N3O3S. The van der Waals surface area contributed by atoms with Crippen LogP contribution in [0.5, 0.6) is 0 Å². The van der Waals surface area contributed by atoms with E-state index in [2.05, 4.69) is 30.6 Å². The fraction of sp³-hybridized carbons (Fsp3) is 0.278. The minimum atomic E-state index is -3.81. The minimum Gasteiger partial charge on any atom is -0.372 e. The van der Waals surface area contributed by atoms with Crippen molar-refractivity contribution in [1.82, 2.24) is 9.97 Å². The molecule has 150 valence electrons. The Bertz CT molecular complexity index is 1130. The van der Waals surface area contributed by atoms with E-state index in [0.717, 1.165) is 12.1 Å². The van der Waals surface area contributed by atoms with Gasteiger partial charge in [0.1, 0.15) is 17.6 Å². The number of hydrogen-bond donors (Lipinski definition) is 2. The van der Waals surface area contributed by atoms with Crippen LogP contribution in [0.2, 0.25) is 0 Å². The Labute approximate surface area is 169 Å². The van der Waals surface area contributed by atoms with E-state index in [4.69, 9.17) is 4.74 Å². The maximum absolute atomic E-state index is 15.2. The molecule has 2 N–H and O–H groups in total. The van der Waals surface area contributed by atoms with Crippen molar-refractivity contribution in [3.05, 3.63) is 57.8 Å². The van der Waals surface area contributed by atoms with Crippen molar-refractivity contribution in [2.24, 2.45) is 0 Å². The number of aromatic amines is 1. The monoisotopic (exact) mass is 473 g/mol.